The van der Waals surface area contributed by atoms with Crippen LogP contribution >= 0.6 is 0 Å². The van der Waals surface area contributed by atoms with E-state index in [4.69, 9.17) is 4.98 Å². The first-order chi connectivity index (χ1) is 9.33. The van der Waals surface area contributed by atoms with Crippen LogP contribution in [0.15, 0.2) is 36.5 Å². The van der Waals surface area contributed by atoms with Crippen LogP contribution in [0.3, 0.4) is 0 Å². The lowest BCUT2D eigenvalue weighted by atomic mass is 10.0. The second-order valence-corrected chi connectivity index (χ2v) is 5.17. The maximum Gasteiger partial charge on any atom is 0.145 e. The highest BCUT2D eigenvalue weighted by Gasteiger charge is 2.17. The molecular formula is C16H19N3. The van der Waals surface area contributed by atoms with Gasteiger partial charge >= 0.3 is 0 Å². The first kappa shape index (κ1) is 12.3. The Hall–Kier alpha value is -1.74. The van der Waals surface area contributed by atoms with E-state index in [1.165, 1.54) is 18.4 Å². The van der Waals surface area contributed by atoms with Crippen LogP contribution in [-0.4, -0.2) is 16.5 Å². The Balaban J connectivity index is 1.88. The molecule has 1 fully saturated rings. The van der Waals surface area contributed by atoms with E-state index in [2.05, 4.69) is 41.5 Å². The van der Waals surface area contributed by atoms with Crippen molar-refractivity contribution in [2.45, 2.75) is 32.2 Å². The highest BCUT2D eigenvalue weighted by molar-refractivity contribution is 5.58. The summed E-state index contributed by atoms with van der Waals surface area (Å²) in [5.41, 5.74) is 3.44. The molecule has 0 aliphatic carbocycles. The number of nitrogens with one attached hydrogen (secondary N) is 1. The molecule has 3 nitrogen and oxygen atoms in total. The highest BCUT2D eigenvalue weighted by atomic mass is 15.0. The van der Waals surface area contributed by atoms with E-state index < -0.39 is 0 Å². The molecule has 98 valence electrons. The number of rotatable bonds is 2. The predicted octanol–water partition coefficient (Wildman–Crippen LogP) is 3.27. The van der Waals surface area contributed by atoms with E-state index >= 15 is 0 Å². The summed E-state index contributed by atoms with van der Waals surface area (Å²) in [7, 11) is 0. The van der Waals surface area contributed by atoms with Crippen molar-refractivity contribution < 1.29 is 0 Å². The number of piperidine rings is 1. The molecule has 1 saturated heterocycles. The SMILES string of the molecule is Cc1ccc(-c2ccnc(C3CCCCN3)n2)cc1. The van der Waals surface area contributed by atoms with Gasteiger partial charge in [-0.05, 0) is 32.4 Å². The molecule has 0 spiro atoms. The van der Waals surface area contributed by atoms with Crippen molar-refractivity contribution in [2.75, 3.05) is 6.54 Å². The number of nitrogens with zero attached hydrogens (tertiary/aromatic N) is 2. The number of aromatic nitrogens is 2. The quantitative estimate of drug-likeness (QED) is 0.892. The molecule has 19 heavy (non-hydrogen) atoms. The molecule has 0 radical (unpaired) electrons. The van der Waals surface area contributed by atoms with Crippen molar-refractivity contribution in [2.24, 2.45) is 0 Å². The first-order valence-corrected chi connectivity index (χ1v) is 6.96. The molecule has 2 aromatic rings. The lowest BCUT2D eigenvalue weighted by Gasteiger charge is -2.22. The van der Waals surface area contributed by atoms with E-state index in [0.29, 0.717) is 6.04 Å². The van der Waals surface area contributed by atoms with Gasteiger partial charge in [-0.2, -0.15) is 0 Å². The number of benzene rings is 1. The molecule has 3 heteroatoms. The minimum absolute atomic E-state index is 0.319. The summed E-state index contributed by atoms with van der Waals surface area (Å²) in [5.74, 6) is 0.928. The molecule has 1 aliphatic rings. The van der Waals surface area contributed by atoms with Crippen molar-refractivity contribution in [1.29, 1.82) is 0 Å². The van der Waals surface area contributed by atoms with Gasteiger partial charge in [-0.1, -0.05) is 36.2 Å². The molecule has 1 N–H and O–H groups in total. The molecule has 3 rings (SSSR count). The molecule has 0 saturated carbocycles. The summed E-state index contributed by atoms with van der Waals surface area (Å²) < 4.78 is 0. The normalized spacial score (nSPS) is 19.3. The third-order valence-electron chi connectivity index (χ3n) is 3.64. The summed E-state index contributed by atoms with van der Waals surface area (Å²) in [4.78, 5) is 9.16. The van der Waals surface area contributed by atoms with Crippen LogP contribution in [0, 0.1) is 6.92 Å². The van der Waals surface area contributed by atoms with Gasteiger partial charge in [0.25, 0.3) is 0 Å². The Morgan fingerprint density at radius 2 is 1.95 bits per heavy atom. The molecule has 0 bridgehead atoms. The smallest absolute Gasteiger partial charge is 0.145 e. The van der Waals surface area contributed by atoms with Gasteiger partial charge in [0.15, 0.2) is 0 Å². The molecule has 1 atom stereocenters. The van der Waals surface area contributed by atoms with Gasteiger partial charge in [-0.25, -0.2) is 9.97 Å². The second-order valence-electron chi connectivity index (χ2n) is 5.17. The Kier molecular flexibility index (Phi) is 3.56. The van der Waals surface area contributed by atoms with Crippen LogP contribution in [0.4, 0.5) is 0 Å². The molecule has 1 aromatic carbocycles. The number of hydrogen-bond acceptors (Lipinski definition) is 3. The summed E-state index contributed by atoms with van der Waals surface area (Å²) in [6, 6.07) is 10.8. The van der Waals surface area contributed by atoms with E-state index in [0.717, 1.165) is 30.0 Å². The molecule has 1 aliphatic heterocycles. The summed E-state index contributed by atoms with van der Waals surface area (Å²) in [6.45, 7) is 3.17. The average molecular weight is 253 g/mol. The van der Waals surface area contributed by atoms with E-state index in [-0.39, 0.29) is 0 Å². The lowest BCUT2D eigenvalue weighted by molar-refractivity contribution is 0.397. The van der Waals surface area contributed by atoms with Crippen molar-refractivity contribution in [3.05, 3.63) is 47.9 Å². The van der Waals surface area contributed by atoms with Gasteiger partial charge in [-0.3, -0.25) is 0 Å². The van der Waals surface area contributed by atoms with Crippen LogP contribution in [0.25, 0.3) is 11.3 Å². The monoisotopic (exact) mass is 253 g/mol. The highest BCUT2D eigenvalue weighted by Crippen LogP contribution is 2.23. The van der Waals surface area contributed by atoms with Gasteiger partial charge in [0, 0.05) is 11.8 Å². The minimum Gasteiger partial charge on any atom is -0.307 e. The van der Waals surface area contributed by atoms with Gasteiger partial charge in [0.1, 0.15) is 5.82 Å². The molecule has 0 amide bonds. The first-order valence-electron chi connectivity index (χ1n) is 6.96. The fraction of sp³-hybridized carbons (Fsp3) is 0.375. The van der Waals surface area contributed by atoms with Crippen LogP contribution < -0.4 is 5.32 Å². The zero-order valence-electron chi connectivity index (χ0n) is 11.3. The maximum absolute atomic E-state index is 4.72. The van der Waals surface area contributed by atoms with Crippen LogP contribution in [0.1, 0.15) is 36.7 Å². The summed E-state index contributed by atoms with van der Waals surface area (Å²) in [5, 5.41) is 3.50. The van der Waals surface area contributed by atoms with Gasteiger partial charge in [0.2, 0.25) is 0 Å². The summed E-state index contributed by atoms with van der Waals surface area (Å²) in [6.07, 6.45) is 5.52. The largest absolute Gasteiger partial charge is 0.307 e. The Morgan fingerprint density at radius 1 is 1.11 bits per heavy atom. The fourth-order valence-corrected chi connectivity index (χ4v) is 2.50. The predicted molar refractivity (Wildman–Crippen MR) is 76.8 cm³/mol. The molecule has 1 unspecified atom stereocenters. The van der Waals surface area contributed by atoms with E-state index in [1.807, 2.05) is 12.3 Å². The maximum atomic E-state index is 4.72. The van der Waals surface area contributed by atoms with Crippen LogP contribution in [-0.2, 0) is 0 Å². The summed E-state index contributed by atoms with van der Waals surface area (Å²) >= 11 is 0. The van der Waals surface area contributed by atoms with Gasteiger partial charge in [0.05, 0.1) is 11.7 Å². The Bertz CT molecular complexity index is 542. The van der Waals surface area contributed by atoms with Crippen molar-refractivity contribution in [3.8, 4) is 11.3 Å². The van der Waals surface area contributed by atoms with Crippen LogP contribution in [0.5, 0.6) is 0 Å². The van der Waals surface area contributed by atoms with E-state index in [9.17, 15) is 0 Å². The molecule has 1 aromatic heterocycles. The topological polar surface area (TPSA) is 37.8 Å². The fourth-order valence-electron chi connectivity index (χ4n) is 2.50. The Labute approximate surface area is 114 Å². The average Bonchev–Trinajstić information content (AvgIpc) is 2.49. The van der Waals surface area contributed by atoms with Gasteiger partial charge in [-0.15, -0.1) is 0 Å². The van der Waals surface area contributed by atoms with Crippen molar-refractivity contribution >= 4 is 0 Å². The third kappa shape index (κ3) is 2.82. The molecule has 2 heterocycles. The van der Waals surface area contributed by atoms with Gasteiger partial charge < -0.3 is 5.32 Å². The number of aryl methyl sites for hydroxylation is 1. The zero-order valence-corrected chi connectivity index (χ0v) is 11.3. The number of hydrogen-bond donors (Lipinski definition) is 1. The van der Waals surface area contributed by atoms with Crippen molar-refractivity contribution in [3.63, 3.8) is 0 Å². The minimum atomic E-state index is 0.319. The lowest BCUT2D eigenvalue weighted by Crippen LogP contribution is -2.28. The second kappa shape index (κ2) is 5.49. The zero-order chi connectivity index (χ0) is 13.1. The van der Waals surface area contributed by atoms with E-state index in [1.54, 1.807) is 0 Å². The molecular weight excluding hydrogens is 234 g/mol. The van der Waals surface area contributed by atoms with Crippen molar-refractivity contribution in [1.82, 2.24) is 15.3 Å². The third-order valence-corrected chi connectivity index (χ3v) is 3.64. The Morgan fingerprint density at radius 3 is 2.68 bits per heavy atom. The standard InChI is InChI=1S/C16H19N3/c1-12-5-7-13(8-6-12)14-9-11-18-16(19-14)15-4-2-3-10-17-15/h5-9,11,15,17H,2-4,10H2,1H3. The van der Waals surface area contributed by atoms with Crippen LogP contribution in [0.2, 0.25) is 0 Å².